The Morgan fingerprint density at radius 3 is 2.95 bits per heavy atom. The van der Waals surface area contributed by atoms with Crippen LogP contribution in [0.25, 0.3) is 0 Å². The summed E-state index contributed by atoms with van der Waals surface area (Å²) in [5.41, 5.74) is -0.589. The van der Waals surface area contributed by atoms with E-state index >= 15 is 0 Å². The maximum atomic E-state index is 11.6. The largest absolute Gasteiger partial charge is 0.481 e. The number of piperidine rings is 1. The predicted molar refractivity (Wildman–Crippen MR) is 75.2 cm³/mol. The molecule has 0 saturated carbocycles. The molecule has 0 radical (unpaired) electrons. The second-order valence-electron chi connectivity index (χ2n) is 5.65. The van der Waals surface area contributed by atoms with Gasteiger partial charge in [0.25, 0.3) is 0 Å². The van der Waals surface area contributed by atoms with Crippen molar-refractivity contribution in [1.82, 2.24) is 19.7 Å². The molecule has 1 saturated heterocycles. The van der Waals surface area contributed by atoms with Crippen molar-refractivity contribution in [3.8, 4) is 0 Å². The topological polar surface area (TPSA) is 71.2 Å². The van der Waals surface area contributed by atoms with E-state index < -0.39 is 11.4 Å². The zero-order valence-electron chi connectivity index (χ0n) is 12.4. The van der Waals surface area contributed by atoms with Crippen LogP contribution in [-0.2, 0) is 17.9 Å². The van der Waals surface area contributed by atoms with Gasteiger partial charge in [0.15, 0.2) is 0 Å². The Hall–Kier alpha value is -1.43. The third kappa shape index (κ3) is 3.00. The molecule has 0 spiro atoms. The molecule has 1 fully saturated rings. The van der Waals surface area contributed by atoms with Crippen LogP contribution < -0.4 is 0 Å². The maximum absolute atomic E-state index is 11.6. The van der Waals surface area contributed by atoms with Crippen LogP contribution in [0.3, 0.4) is 0 Å². The Morgan fingerprint density at radius 2 is 2.30 bits per heavy atom. The molecule has 1 N–H and O–H groups in total. The van der Waals surface area contributed by atoms with Crippen molar-refractivity contribution >= 4 is 5.97 Å². The van der Waals surface area contributed by atoms with E-state index in [1.165, 1.54) is 0 Å². The first-order valence-electron chi connectivity index (χ1n) is 7.43. The van der Waals surface area contributed by atoms with Gasteiger partial charge in [-0.25, -0.2) is 9.67 Å². The van der Waals surface area contributed by atoms with E-state index in [4.69, 9.17) is 0 Å². The molecule has 1 aromatic heterocycles. The van der Waals surface area contributed by atoms with Gasteiger partial charge in [0, 0.05) is 13.1 Å². The molecule has 2 heterocycles. The van der Waals surface area contributed by atoms with Crippen molar-refractivity contribution in [2.45, 2.75) is 52.6 Å². The number of nitrogens with zero attached hydrogens (tertiary/aromatic N) is 4. The quantitative estimate of drug-likeness (QED) is 0.859. The van der Waals surface area contributed by atoms with E-state index in [0.29, 0.717) is 19.5 Å². The van der Waals surface area contributed by atoms with Gasteiger partial charge in [-0.3, -0.25) is 9.69 Å². The summed E-state index contributed by atoms with van der Waals surface area (Å²) in [7, 11) is 0. The Labute approximate surface area is 119 Å². The average Bonchev–Trinajstić information content (AvgIpc) is 2.86. The number of aryl methyl sites for hydroxylation is 1. The van der Waals surface area contributed by atoms with E-state index in [2.05, 4.69) is 21.9 Å². The summed E-state index contributed by atoms with van der Waals surface area (Å²) in [6.07, 6.45) is 4.99. The zero-order valence-corrected chi connectivity index (χ0v) is 12.4. The van der Waals surface area contributed by atoms with E-state index in [0.717, 1.165) is 38.2 Å². The summed E-state index contributed by atoms with van der Waals surface area (Å²) >= 11 is 0. The molecule has 1 aliphatic heterocycles. The summed E-state index contributed by atoms with van der Waals surface area (Å²) < 4.78 is 1.92. The first kappa shape index (κ1) is 15.0. The van der Waals surface area contributed by atoms with Gasteiger partial charge in [0.05, 0.1) is 12.0 Å². The van der Waals surface area contributed by atoms with Gasteiger partial charge in [0.1, 0.15) is 12.2 Å². The Balaban J connectivity index is 2.06. The van der Waals surface area contributed by atoms with E-state index in [1.807, 2.05) is 11.6 Å². The smallest absolute Gasteiger partial charge is 0.310 e. The number of carbonyl (C=O) groups is 1. The molecule has 6 nitrogen and oxygen atoms in total. The summed E-state index contributed by atoms with van der Waals surface area (Å²) in [5, 5.41) is 13.7. The van der Waals surface area contributed by atoms with E-state index in [-0.39, 0.29) is 0 Å². The van der Waals surface area contributed by atoms with Crippen LogP contribution in [0.1, 0.15) is 45.4 Å². The van der Waals surface area contributed by atoms with Gasteiger partial charge >= 0.3 is 5.97 Å². The van der Waals surface area contributed by atoms with Gasteiger partial charge in [-0.2, -0.15) is 5.10 Å². The normalized spacial score (nSPS) is 23.9. The molecule has 1 atom stereocenters. The molecule has 1 unspecified atom stereocenters. The Morgan fingerprint density at radius 1 is 1.50 bits per heavy atom. The molecule has 1 aliphatic rings. The van der Waals surface area contributed by atoms with Crippen molar-refractivity contribution in [2.24, 2.45) is 5.41 Å². The van der Waals surface area contributed by atoms with Gasteiger partial charge in [0.2, 0.25) is 0 Å². The van der Waals surface area contributed by atoms with Crippen LogP contribution in [0.2, 0.25) is 0 Å². The maximum Gasteiger partial charge on any atom is 0.310 e. The second-order valence-corrected chi connectivity index (χ2v) is 5.65. The zero-order chi connectivity index (χ0) is 14.6. The predicted octanol–water partition coefficient (Wildman–Crippen LogP) is 1.76. The molecule has 20 heavy (non-hydrogen) atoms. The van der Waals surface area contributed by atoms with Gasteiger partial charge in [-0.05, 0) is 32.2 Å². The Bertz CT molecular complexity index is 460. The van der Waals surface area contributed by atoms with Crippen LogP contribution in [0, 0.1) is 5.41 Å². The van der Waals surface area contributed by atoms with Crippen LogP contribution >= 0.6 is 0 Å². The minimum absolute atomic E-state index is 0.589. The van der Waals surface area contributed by atoms with E-state index in [9.17, 15) is 9.90 Å². The molecule has 2 rings (SSSR count). The highest BCUT2D eigenvalue weighted by Gasteiger charge is 2.40. The highest BCUT2D eigenvalue weighted by molar-refractivity contribution is 5.75. The molecule has 112 valence electrons. The second kappa shape index (κ2) is 6.35. The monoisotopic (exact) mass is 280 g/mol. The number of aliphatic carboxylic acids is 1. The van der Waals surface area contributed by atoms with Crippen molar-refractivity contribution in [1.29, 1.82) is 0 Å². The number of carboxylic acids is 1. The Kier molecular flexibility index (Phi) is 4.75. The number of hydrogen-bond donors (Lipinski definition) is 1. The fraction of sp³-hybridized carbons (Fsp3) is 0.786. The minimum Gasteiger partial charge on any atom is -0.481 e. The lowest BCUT2D eigenvalue weighted by Crippen LogP contribution is -2.47. The SMILES string of the molecule is CCCn1ncnc1CN1CCCC(CC)(C(=O)O)C1. The fourth-order valence-corrected chi connectivity index (χ4v) is 2.99. The third-order valence-electron chi connectivity index (χ3n) is 4.28. The molecule has 1 aromatic rings. The summed E-state index contributed by atoms with van der Waals surface area (Å²) in [4.78, 5) is 18.1. The number of aromatic nitrogens is 3. The average molecular weight is 280 g/mol. The molecule has 0 bridgehead atoms. The lowest BCUT2D eigenvalue weighted by Gasteiger charge is -2.39. The first-order chi connectivity index (χ1) is 9.61. The lowest BCUT2D eigenvalue weighted by atomic mass is 9.77. The molecule has 0 aliphatic carbocycles. The minimum atomic E-state index is -0.667. The molecular weight excluding hydrogens is 256 g/mol. The van der Waals surface area contributed by atoms with Crippen molar-refractivity contribution < 1.29 is 9.90 Å². The van der Waals surface area contributed by atoms with E-state index in [1.54, 1.807) is 6.33 Å². The fourth-order valence-electron chi connectivity index (χ4n) is 2.99. The van der Waals surface area contributed by atoms with Crippen molar-refractivity contribution in [3.05, 3.63) is 12.2 Å². The van der Waals surface area contributed by atoms with Gasteiger partial charge in [-0.15, -0.1) is 0 Å². The first-order valence-corrected chi connectivity index (χ1v) is 7.43. The van der Waals surface area contributed by atoms with Gasteiger partial charge < -0.3 is 5.11 Å². The number of hydrogen-bond acceptors (Lipinski definition) is 4. The number of likely N-dealkylation sites (tertiary alicyclic amines) is 1. The number of carboxylic acid groups (broad SMARTS) is 1. The molecular formula is C14H24N4O2. The summed E-state index contributed by atoms with van der Waals surface area (Å²) in [6, 6.07) is 0. The lowest BCUT2D eigenvalue weighted by molar-refractivity contribution is -0.153. The highest BCUT2D eigenvalue weighted by atomic mass is 16.4. The standard InChI is InChI=1S/C14H24N4O2/c1-3-7-18-12(15-11-16-18)9-17-8-5-6-14(4-2,10-17)13(19)20/h11H,3-10H2,1-2H3,(H,19,20). The van der Waals surface area contributed by atoms with Crippen LogP contribution in [-0.4, -0.2) is 43.8 Å². The number of rotatable bonds is 6. The summed E-state index contributed by atoms with van der Waals surface area (Å²) in [5.74, 6) is 0.267. The molecule has 0 aromatic carbocycles. The summed E-state index contributed by atoms with van der Waals surface area (Å²) in [6.45, 7) is 7.18. The highest BCUT2D eigenvalue weighted by Crippen LogP contribution is 2.34. The molecule has 0 amide bonds. The van der Waals surface area contributed by atoms with Crippen molar-refractivity contribution in [2.75, 3.05) is 13.1 Å². The van der Waals surface area contributed by atoms with Crippen LogP contribution in [0.15, 0.2) is 6.33 Å². The molecule has 6 heteroatoms. The third-order valence-corrected chi connectivity index (χ3v) is 4.28. The van der Waals surface area contributed by atoms with Gasteiger partial charge in [-0.1, -0.05) is 13.8 Å². The van der Waals surface area contributed by atoms with Crippen LogP contribution in [0.4, 0.5) is 0 Å². The van der Waals surface area contributed by atoms with Crippen LogP contribution in [0.5, 0.6) is 0 Å². The van der Waals surface area contributed by atoms with Crippen molar-refractivity contribution in [3.63, 3.8) is 0 Å².